The Labute approximate surface area is 112 Å². The van der Waals surface area contributed by atoms with Gasteiger partial charge in [0.05, 0.1) is 12.5 Å². The lowest BCUT2D eigenvalue weighted by molar-refractivity contribution is -0.137. The highest BCUT2D eigenvalue weighted by molar-refractivity contribution is 5.82. The number of nitrogens with one attached hydrogen (secondary N) is 1. The summed E-state index contributed by atoms with van der Waals surface area (Å²) in [6, 6.07) is 7.16. The van der Waals surface area contributed by atoms with Gasteiger partial charge in [-0.2, -0.15) is 0 Å². The largest absolute Gasteiger partial charge is 0.481 e. The summed E-state index contributed by atoms with van der Waals surface area (Å²) in [6.07, 6.45) is 0.815. The van der Waals surface area contributed by atoms with Gasteiger partial charge in [0.1, 0.15) is 0 Å². The summed E-state index contributed by atoms with van der Waals surface area (Å²) in [4.78, 5) is 22.9. The molecule has 0 spiro atoms. The smallest absolute Gasteiger partial charge is 0.305 e. The fourth-order valence-electron chi connectivity index (χ4n) is 2.19. The number of aliphatic carboxylic acids is 1. The van der Waals surface area contributed by atoms with Gasteiger partial charge in [-0.05, 0) is 24.8 Å². The number of hydrogen-bond donors (Lipinski definition) is 2. The van der Waals surface area contributed by atoms with Gasteiger partial charge in [-0.1, -0.05) is 36.8 Å². The number of amides is 1. The Hall–Kier alpha value is -1.84. The first-order valence-electron chi connectivity index (χ1n) is 6.56. The number of carbonyl (C=O) groups is 2. The van der Waals surface area contributed by atoms with Gasteiger partial charge in [-0.15, -0.1) is 0 Å². The Balaban J connectivity index is 2.09. The van der Waals surface area contributed by atoms with Gasteiger partial charge in [0.2, 0.25) is 5.91 Å². The van der Waals surface area contributed by atoms with Crippen molar-refractivity contribution in [3.05, 3.63) is 35.4 Å². The van der Waals surface area contributed by atoms with E-state index < -0.39 is 12.0 Å². The Morgan fingerprint density at radius 3 is 2.42 bits per heavy atom. The summed E-state index contributed by atoms with van der Waals surface area (Å²) >= 11 is 0. The van der Waals surface area contributed by atoms with E-state index in [1.54, 1.807) is 0 Å². The van der Waals surface area contributed by atoms with Crippen LogP contribution in [0.3, 0.4) is 0 Å². The van der Waals surface area contributed by atoms with E-state index in [2.05, 4.69) is 5.32 Å². The molecule has 1 saturated carbocycles. The number of carboxylic acid groups (broad SMARTS) is 1. The fraction of sp³-hybridized carbons (Fsp3) is 0.467. The topological polar surface area (TPSA) is 66.4 Å². The first-order chi connectivity index (χ1) is 8.97. The summed E-state index contributed by atoms with van der Waals surface area (Å²) in [7, 11) is 0. The summed E-state index contributed by atoms with van der Waals surface area (Å²) in [5.41, 5.74) is 1.95. The number of hydrogen-bond acceptors (Lipinski definition) is 2. The number of benzene rings is 1. The van der Waals surface area contributed by atoms with E-state index in [0.29, 0.717) is 5.92 Å². The van der Waals surface area contributed by atoms with Crippen LogP contribution < -0.4 is 5.32 Å². The molecule has 1 amide bonds. The minimum Gasteiger partial charge on any atom is -0.481 e. The average molecular weight is 261 g/mol. The SMILES string of the molecule is Cc1ccc([C@H](CC(=O)O)NC(=O)[C@H]2C[C@H]2C)cc1. The highest BCUT2D eigenvalue weighted by Gasteiger charge is 2.39. The molecule has 0 saturated heterocycles. The van der Waals surface area contributed by atoms with Crippen LogP contribution >= 0.6 is 0 Å². The molecule has 1 fully saturated rings. The molecule has 4 heteroatoms. The van der Waals surface area contributed by atoms with E-state index in [-0.39, 0.29) is 18.2 Å². The second kappa shape index (κ2) is 5.43. The lowest BCUT2D eigenvalue weighted by Gasteiger charge is -2.17. The van der Waals surface area contributed by atoms with Crippen molar-refractivity contribution in [2.24, 2.45) is 11.8 Å². The summed E-state index contributed by atoms with van der Waals surface area (Å²) in [6.45, 7) is 4.00. The Morgan fingerprint density at radius 2 is 1.95 bits per heavy atom. The molecule has 19 heavy (non-hydrogen) atoms. The van der Waals surface area contributed by atoms with Crippen molar-refractivity contribution in [1.29, 1.82) is 0 Å². The van der Waals surface area contributed by atoms with Crippen LogP contribution in [0.1, 0.15) is 36.9 Å². The van der Waals surface area contributed by atoms with Crippen LogP contribution in [0.25, 0.3) is 0 Å². The van der Waals surface area contributed by atoms with Gasteiger partial charge in [0.25, 0.3) is 0 Å². The zero-order chi connectivity index (χ0) is 14.0. The molecule has 1 aliphatic carbocycles. The molecule has 0 heterocycles. The van der Waals surface area contributed by atoms with Gasteiger partial charge >= 0.3 is 5.97 Å². The molecule has 0 unspecified atom stereocenters. The molecule has 2 rings (SSSR count). The first kappa shape index (κ1) is 13.6. The average Bonchev–Trinajstić information content (AvgIpc) is 3.06. The molecular weight excluding hydrogens is 242 g/mol. The quantitative estimate of drug-likeness (QED) is 0.854. The second-order valence-electron chi connectivity index (χ2n) is 5.39. The molecule has 1 aromatic rings. The normalized spacial score (nSPS) is 22.6. The minimum absolute atomic E-state index is 0.0284. The van der Waals surface area contributed by atoms with Crippen molar-refractivity contribution in [2.45, 2.75) is 32.7 Å². The van der Waals surface area contributed by atoms with Crippen molar-refractivity contribution < 1.29 is 14.7 Å². The number of rotatable bonds is 5. The lowest BCUT2D eigenvalue weighted by Crippen LogP contribution is -2.31. The molecule has 0 aliphatic heterocycles. The van der Waals surface area contributed by atoms with E-state index >= 15 is 0 Å². The van der Waals surface area contributed by atoms with E-state index in [4.69, 9.17) is 5.11 Å². The van der Waals surface area contributed by atoms with Crippen LogP contribution in [0.2, 0.25) is 0 Å². The number of aryl methyl sites for hydroxylation is 1. The molecule has 0 bridgehead atoms. The van der Waals surface area contributed by atoms with Gasteiger partial charge in [-0.3, -0.25) is 9.59 Å². The Morgan fingerprint density at radius 1 is 1.37 bits per heavy atom. The van der Waals surface area contributed by atoms with Crippen molar-refractivity contribution in [1.82, 2.24) is 5.32 Å². The molecule has 0 radical (unpaired) electrons. The van der Waals surface area contributed by atoms with Gasteiger partial charge in [-0.25, -0.2) is 0 Å². The highest BCUT2D eigenvalue weighted by atomic mass is 16.4. The first-order valence-corrected chi connectivity index (χ1v) is 6.56. The van der Waals surface area contributed by atoms with Crippen LogP contribution in [0.15, 0.2) is 24.3 Å². The predicted molar refractivity (Wildman–Crippen MR) is 71.6 cm³/mol. The van der Waals surface area contributed by atoms with Crippen molar-refractivity contribution in [3.8, 4) is 0 Å². The molecule has 2 N–H and O–H groups in total. The standard InChI is InChI=1S/C15H19NO3/c1-9-3-5-11(6-4-9)13(8-14(17)18)16-15(19)12-7-10(12)2/h3-6,10,12-13H,7-8H2,1-2H3,(H,16,19)(H,17,18)/t10-,12+,13+/m1/s1. The Kier molecular flexibility index (Phi) is 3.88. The van der Waals surface area contributed by atoms with Gasteiger partial charge in [0, 0.05) is 5.92 Å². The molecule has 102 valence electrons. The third kappa shape index (κ3) is 3.56. The summed E-state index contributed by atoms with van der Waals surface area (Å²) < 4.78 is 0. The highest BCUT2D eigenvalue weighted by Crippen LogP contribution is 2.38. The number of carbonyl (C=O) groups excluding carboxylic acids is 1. The third-order valence-corrected chi connectivity index (χ3v) is 3.62. The maximum absolute atomic E-state index is 11.9. The third-order valence-electron chi connectivity index (χ3n) is 3.62. The van der Waals surface area contributed by atoms with Crippen molar-refractivity contribution in [3.63, 3.8) is 0 Å². The van der Waals surface area contributed by atoms with Gasteiger partial charge in [0.15, 0.2) is 0 Å². The Bertz CT molecular complexity index is 481. The second-order valence-corrected chi connectivity index (χ2v) is 5.39. The maximum Gasteiger partial charge on any atom is 0.305 e. The molecule has 1 aromatic carbocycles. The minimum atomic E-state index is -0.908. The predicted octanol–water partition coefficient (Wildman–Crippen LogP) is 2.28. The lowest BCUT2D eigenvalue weighted by atomic mass is 10.0. The summed E-state index contributed by atoms with van der Waals surface area (Å²) in [5, 5.41) is 11.8. The van der Waals surface area contributed by atoms with Crippen LogP contribution in [-0.2, 0) is 9.59 Å². The fourth-order valence-corrected chi connectivity index (χ4v) is 2.19. The van der Waals surface area contributed by atoms with Crippen LogP contribution in [-0.4, -0.2) is 17.0 Å². The van der Waals surface area contributed by atoms with Crippen molar-refractivity contribution in [2.75, 3.05) is 0 Å². The summed E-state index contributed by atoms with van der Waals surface area (Å²) in [5.74, 6) is -0.459. The van der Waals surface area contributed by atoms with E-state index in [0.717, 1.165) is 17.5 Å². The van der Waals surface area contributed by atoms with E-state index in [1.807, 2.05) is 38.1 Å². The van der Waals surface area contributed by atoms with E-state index in [1.165, 1.54) is 0 Å². The van der Waals surface area contributed by atoms with E-state index in [9.17, 15) is 9.59 Å². The monoisotopic (exact) mass is 261 g/mol. The maximum atomic E-state index is 11.9. The number of carboxylic acids is 1. The van der Waals surface area contributed by atoms with Crippen LogP contribution in [0, 0.1) is 18.8 Å². The van der Waals surface area contributed by atoms with Crippen LogP contribution in [0.4, 0.5) is 0 Å². The zero-order valence-corrected chi connectivity index (χ0v) is 11.2. The molecule has 0 aromatic heterocycles. The van der Waals surface area contributed by atoms with Crippen molar-refractivity contribution >= 4 is 11.9 Å². The zero-order valence-electron chi connectivity index (χ0n) is 11.2. The molecular formula is C15H19NO3. The molecule has 3 atom stereocenters. The van der Waals surface area contributed by atoms with Gasteiger partial charge < -0.3 is 10.4 Å². The molecule has 4 nitrogen and oxygen atoms in total. The molecule has 1 aliphatic rings. The van der Waals surface area contributed by atoms with Crippen LogP contribution in [0.5, 0.6) is 0 Å².